The maximum absolute atomic E-state index is 3.84. The third-order valence-electron chi connectivity index (χ3n) is 4.98. The monoisotopic (exact) mass is 237 g/mol. The van der Waals surface area contributed by atoms with Gasteiger partial charge in [0.15, 0.2) is 0 Å². The van der Waals surface area contributed by atoms with Crippen molar-refractivity contribution in [2.75, 3.05) is 6.54 Å². The average Bonchev–Trinajstić information content (AvgIpc) is 2.65. The third kappa shape index (κ3) is 3.98. The molecule has 1 nitrogen and oxygen atoms in total. The molecule has 0 aliphatic heterocycles. The Morgan fingerprint density at radius 2 is 1.47 bits per heavy atom. The lowest BCUT2D eigenvalue weighted by atomic mass is 9.73. The van der Waals surface area contributed by atoms with E-state index >= 15 is 0 Å². The fraction of sp³-hybridized carbons (Fsp3) is 1.00. The van der Waals surface area contributed by atoms with Crippen LogP contribution in [-0.2, 0) is 0 Å². The molecule has 2 fully saturated rings. The standard InChI is InChI=1S/C16H31N/c1-2-13-17-16-12-8-7-11-15(16)14-9-5-3-4-6-10-14/h14-17H,2-13H2,1H3. The van der Waals surface area contributed by atoms with Crippen LogP contribution in [0, 0.1) is 11.8 Å². The Balaban J connectivity index is 1.89. The SMILES string of the molecule is CCCNC1CCCCC1C1CCCCCC1. The molecule has 0 aromatic carbocycles. The van der Waals surface area contributed by atoms with Gasteiger partial charge in [0, 0.05) is 6.04 Å². The Bertz CT molecular complexity index is 194. The van der Waals surface area contributed by atoms with Crippen LogP contribution >= 0.6 is 0 Å². The second kappa shape index (κ2) is 7.41. The first-order valence-corrected chi connectivity index (χ1v) is 8.15. The molecule has 2 rings (SSSR count). The lowest BCUT2D eigenvalue weighted by molar-refractivity contribution is 0.171. The van der Waals surface area contributed by atoms with Gasteiger partial charge in [-0.2, -0.15) is 0 Å². The molecule has 17 heavy (non-hydrogen) atoms. The van der Waals surface area contributed by atoms with Crippen molar-refractivity contribution < 1.29 is 0 Å². The number of hydrogen-bond acceptors (Lipinski definition) is 1. The van der Waals surface area contributed by atoms with Gasteiger partial charge in [0.2, 0.25) is 0 Å². The van der Waals surface area contributed by atoms with Crippen molar-refractivity contribution in [3.8, 4) is 0 Å². The van der Waals surface area contributed by atoms with E-state index in [0.29, 0.717) is 0 Å². The smallest absolute Gasteiger partial charge is 0.00979 e. The minimum Gasteiger partial charge on any atom is -0.314 e. The van der Waals surface area contributed by atoms with Crippen LogP contribution in [0.1, 0.15) is 77.6 Å². The summed E-state index contributed by atoms with van der Waals surface area (Å²) >= 11 is 0. The fourth-order valence-corrected chi connectivity index (χ4v) is 4.05. The molecule has 100 valence electrons. The highest BCUT2D eigenvalue weighted by Gasteiger charge is 2.31. The molecule has 0 radical (unpaired) electrons. The van der Waals surface area contributed by atoms with E-state index in [1.165, 1.54) is 77.2 Å². The van der Waals surface area contributed by atoms with Gasteiger partial charge in [-0.3, -0.25) is 0 Å². The molecular formula is C16H31N. The Morgan fingerprint density at radius 3 is 2.18 bits per heavy atom. The molecule has 1 N–H and O–H groups in total. The Labute approximate surface area is 108 Å². The van der Waals surface area contributed by atoms with Crippen molar-refractivity contribution in [3.05, 3.63) is 0 Å². The van der Waals surface area contributed by atoms with Crippen LogP contribution in [0.4, 0.5) is 0 Å². The fourth-order valence-electron chi connectivity index (χ4n) is 4.05. The largest absolute Gasteiger partial charge is 0.314 e. The molecule has 0 bridgehead atoms. The van der Waals surface area contributed by atoms with E-state index in [-0.39, 0.29) is 0 Å². The molecule has 0 aromatic rings. The Kier molecular flexibility index (Phi) is 5.84. The zero-order chi connectivity index (χ0) is 11.9. The van der Waals surface area contributed by atoms with E-state index in [4.69, 9.17) is 0 Å². The molecule has 2 saturated carbocycles. The molecule has 2 atom stereocenters. The maximum atomic E-state index is 3.84. The van der Waals surface area contributed by atoms with Gasteiger partial charge in [-0.15, -0.1) is 0 Å². The summed E-state index contributed by atoms with van der Waals surface area (Å²) in [6.07, 6.45) is 16.2. The van der Waals surface area contributed by atoms with Gasteiger partial charge in [0.25, 0.3) is 0 Å². The average molecular weight is 237 g/mol. The van der Waals surface area contributed by atoms with Gasteiger partial charge >= 0.3 is 0 Å². The highest BCUT2D eigenvalue weighted by atomic mass is 14.9. The quantitative estimate of drug-likeness (QED) is 0.709. The predicted molar refractivity (Wildman–Crippen MR) is 75.2 cm³/mol. The third-order valence-corrected chi connectivity index (χ3v) is 4.98. The van der Waals surface area contributed by atoms with Gasteiger partial charge in [-0.05, 0) is 37.6 Å². The molecule has 0 heterocycles. The summed E-state index contributed by atoms with van der Waals surface area (Å²) in [7, 11) is 0. The van der Waals surface area contributed by atoms with Crippen LogP contribution in [0.15, 0.2) is 0 Å². The number of rotatable bonds is 4. The topological polar surface area (TPSA) is 12.0 Å². The lowest BCUT2D eigenvalue weighted by Gasteiger charge is -2.37. The zero-order valence-electron chi connectivity index (χ0n) is 11.7. The first-order valence-electron chi connectivity index (χ1n) is 8.15. The summed E-state index contributed by atoms with van der Waals surface area (Å²) in [5, 5.41) is 3.84. The summed E-state index contributed by atoms with van der Waals surface area (Å²) in [6.45, 7) is 3.52. The number of hydrogen-bond donors (Lipinski definition) is 1. The normalized spacial score (nSPS) is 32.3. The summed E-state index contributed by atoms with van der Waals surface area (Å²) in [5.74, 6) is 2.06. The van der Waals surface area contributed by atoms with Crippen LogP contribution in [-0.4, -0.2) is 12.6 Å². The Hall–Kier alpha value is -0.0400. The molecule has 0 spiro atoms. The molecule has 0 aromatic heterocycles. The Morgan fingerprint density at radius 1 is 0.824 bits per heavy atom. The van der Waals surface area contributed by atoms with Crippen LogP contribution in [0.25, 0.3) is 0 Å². The number of nitrogens with one attached hydrogen (secondary N) is 1. The minimum absolute atomic E-state index is 0.854. The molecule has 2 aliphatic rings. The molecule has 1 heteroatoms. The summed E-state index contributed by atoms with van der Waals surface area (Å²) in [5.41, 5.74) is 0. The van der Waals surface area contributed by atoms with Crippen LogP contribution in [0.5, 0.6) is 0 Å². The van der Waals surface area contributed by atoms with Gasteiger partial charge in [-0.25, -0.2) is 0 Å². The minimum atomic E-state index is 0.854. The summed E-state index contributed by atoms with van der Waals surface area (Å²) in [6, 6.07) is 0.854. The van der Waals surface area contributed by atoms with E-state index in [0.717, 1.165) is 17.9 Å². The van der Waals surface area contributed by atoms with E-state index in [1.807, 2.05) is 0 Å². The van der Waals surface area contributed by atoms with Crippen molar-refractivity contribution in [1.29, 1.82) is 0 Å². The van der Waals surface area contributed by atoms with Crippen molar-refractivity contribution in [3.63, 3.8) is 0 Å². The lowest BCUT2D eigenvalue weighted by Crippen LogP contribution is -2.42. The second-order valence-corrected chi connectivity index (χ2v) is 6.26. The molecule has 0 saturated heterocycles. The molecule has 2 aliphatic carbocycles. The first kappa shape index (κ1) is 13.4. The van der Waals surface area contributed by atoms with Crippen molar-refractivity contribution >= 4 is 0 Å². The predicted octanol–water partition coefficient (Wildman–Crippen LogP) is 4.52. The second-order valence-electron chi connectivity index (χ2n) is 6.26. The van der Waals surface area contributed by atoms with Crippen LogP contribution in [0.2, 0.25) is 0 Å². The van der Waals surface area contributed by atoms with E-state index in [9.17, 15) is 0 Å². The molecule has 0 amide bonds. The maximum Gasteiger partial charge on any atom is 0.00979 e. The first-order chi connectivity index (χ1) is 8.42. The van der Waals surface area contributed by atoms with Crippen molar-refractivity contribution in [1.82, 2.24) is 5.32 Å². The van der Waals surface area contributed by atoms with Crippen LogP contribution < -0.4 is 5.32 Å². The van der Waals surface area contributed by atoms with Gasteiger partial charge in [0.1, 0.15) is 0 Å². The van der Waals surface area contributed by atoms with Gasteiger partial charge < -0.3 is 5.32 Å². The van der Waals surface area contributed by atoms with Gasteiger partial charge in [-0.1, -0.05) is 58.3 Å². The van der Waals surface area contributed by atoms with Crippen molar-refractivity contribution in [2.45, 2.75) is 83.6 Å². The zero-order valence-corrected chi connectivity index (χ0v) is 11.7. The van der Waals surface area contributed by atoms with Crippen LogP contribution in [0.3, 0.4) is 0 Å². The highest BCUT2D eigenvalue weighted by Crippen LogP contribution is 2.37. The highest BCUT2D eigenvalue weighted by molar-refractivity contribution is 4.86. The summed E-state index contributed by atoms with van der Waals surface area (Å²) in [4.78, 5) is 0. The summed E-state index contributed by atoms with van der Waals surface area (Å²) < 4.78 is 0. The molecular weight excluding hydrogens is 206 g/mol. The van der Waals surface area contributed by atoms with E-state index < -0.39 is 0 Å². The molecule has 2 unspecified atom stereocenters. The van der Waals surface area contributed by atoms with E-state index in [1.54, 1.807) is 0 Å². The van der Waals surface area contributed by atoms with E-state index in [2.05, 4.69) is 12.2 Å². The van der Waals surface area contributed by atoms with Crippen molar-refractivity contribution in [2.24, 2.45) is 11.8 Å². The van der Waals surface area contributed by atoms with Gasteiger partial charge in [0.05, 0.1) is 0 Å².